The summed E-state index contributed by atoms with van der Waals surface area (Å²) < 4.78 is 23.6. The number of aromatic amines is 1. The van der Waals surface area contributed by atoms with Gasteiger partial charge in [-0.1, -0.05) is 26.7 Å². The van der Waals surface area contributed by atoms with Gasteiger partial charge >= 0.3 is 0 Å². The van der Waals surface area contributed by atoms with Gasteiger partial charge in [0.05, 0.1) is 5.69 Å². The van der Waals surface area contributed by atoms with Gasteiger partial charge in [-0.25, -0.2) is 13.6 Å². The lowest BCUT2D eigenvalue weighted by Gasteiger charge is -2.24. The number of carbonyl (C=O) groups is 1. The Morgan fingerprint density at radius 2 is 1.95 bits per heavy atom. The molecule has 0 spiro atoms. The average molecular weight is 314 g/mol. The van der Waals surface area contributed by atoms with E-state index in [1.54, 1.807) is 0 Å². The molecule has 1 saturated carbocycles. The number of nitrogens with two attached hydrogens (primary N) is 1. The third kappa shape index (κ3) is 3.26. The highest BCUT2D eigenvalue weighted by Crippen LogP contribution is 2.30. The van der Waals surface area contributed by atoms with Crippen molar-refractivity contribution in [1.82, 2.24) is 15.5 Å². The van der Waals surface area contributed by atoms with Gasteiger partial charge in [0, 0.05) is 5.54 Å². The lowest BCUT2D eigenvalue weighted by molar-refractivity contribution is 0.0899. The molecule has 1 amide bonds. The van der Waals surface area contributed by atoms with Gasteiger partial charge in [-0.2, -0.15) is 5.10 Å². The van der Waals surface area contributed by atoms with Crippen LogP contribution in [-0.2, 0) is 10.0 Å². The Hall–Kier alpha value is -1.41. The number of aromatic nitrogens is 2. The first-order chi connectivity index (χ1) is 9.64. The Labute approximate surface area is 124 Å². The number of hydrogen-bond acceptors (Lipinski definition) is 4. The van der Waals surface area contributed by atoms with Gasteiger partial charge in [0.15, 0.2) is 5.69 Å². The number of primary sulfonamides is 1. The minimum atomic E-state index is -4.02. The molecule has 0 unspecified atom stereocenters. The van der Waals surface area contributed by atoms with Crippen LogP contribution in [0.15, 0.2) is 4.90 Å². The second-order valence-electron chi connectivity index (χ2n) is 6.24. The minimum absolute atomic E-state index is 0.130. The van der Waals surface area contributed by atoms with Crippen molar-refractivity contribution in [2.75, 3.05) is 0 Å². The SMILES string of the molecule is CC(C)c1[nH]nc(C(=O)NC2(C)CCCC2)c1S(N)(=O)=O. The van der Waals surface area contributed by atoms with E-state index >= 15 is 0 Å². The molecule has 21 heavy (non-hydrogen) atoms. The molecule has 2 rings (SSSR count). The molecule has 118 valence electrons. The molecule has 1 aliphatic rings. The number of amides is 1. The summed E-state index contributed by atoms with van der Waals surface area (Å²) in [5.41, 5.74) is -0.0857. The second kappa shape index (κ2) is 5.42. The van der Waals surface area contributed by atoms with E-state index in [1.165, 1.54) is 0 Å². The van der Waals surface area contributed by atoms with Crippen LogP contribution < -0.4 is 10.5 Å². The Balaban J connectivity index is 2.38. The van der Waals surface area contributed by atoms with Crippen LogP contribution in [0.1, 0.15) is 68.6 Å². The molecule has 0 aliphatic heterocycles. The van der Waals surface area contributed by atoms with Gasteiger partial charge in [-0.3, -0.25) is 9.89 Å². The Kier molecular flexibility index (Phi) is 4.12. The molecular weight excluding hydrogens is 292 g/mol. The molecule has 1 heterocycles. The maximum absolute atomic E-state index is 12.4. The zero-order valence-corrected chi connectivity index (χ0v) is 13.4. The van der Waals surface area contributed by atoms with E-state index in [0.717, 1.165) is 25.7 Å². The summed E-state index contributed by atoms with van der Waals surface area (Å²) in [5.74, 6) is -0.624. The van der Waals surface area contributed by atoms with Crippen molar-refractivity contribution in [2.45, 2.75) is 62.8 Å². The number of hydrogen-bond donors (Lipinski definition) is 3. The number of sulfonamides is 1. The summed E-state index contributed by atoms with van der Waals surface area (Å²) in [6.07, 6.45) is 3.86. The van der Waals surface area contributed by atoms with Crippen molar-refractivity contribution in [3.05, 3.63) is 11.4 Å². The van der Waals surface area contributed by atoms with Crippen LogP contribution in [0.2, 0.25) is 0 Å². The van der Waals surface area contributed by atoms with Crippen LogP contribution in [-0.4, -0.2) is 30.1 Å². The van der Waals surface area contributed by atoms with Crippen molar-refractivity contribution in [3.63, 3.8) is 0 Å². The molecule has 0 bridgehead atoms. The zero-order chi connectivity index (χ0) is 15.8. The highest BCUT2D eigenvalue weighted by atomic mass is 32.2. The number of nitrogens with zero attached hydrogens (tertiary/aromatic N) is 1. The van der Waals surface area contributed by atoms with E-state index in [-0.39, 0.29) is 22.0 Å². The number of nitrogens with one attached hydrogen (secondary N) is 2. The predicted octanol–water partition coefficient (Wildman–Crippen LogP) is 1.24. The second-order valence-corrected chi connectivity index (χ2v) is 7.73. The van der Waals surface area contributed by atoms with Crippen LogP contribution in [0.25, 0.3) is 0 Å². The van der Waals surface area contributed by atoms with Crippen molar-refractivity contribution >= 4 is 15.9 Å². The zero-order valence-electron chi connectivity index (χ0n) is 12.6. The summed E-state index contributed by atoms with van der Waals surface area (Å²) >= 11 is 0. The van der Waals surface area contributed by atoms with Gasteiger partial charge in [0.2, 0.25) is 10.0 Å². The van der Waals surface area contributed by atoms with Gasteiger partial charge in [-0.05, 0) is 25.7 Å². The molecule has 0 aromatic carbocycles. The molecule has 0 atom stereocenters. The highest BCUT2D eigenvalue weighted by Gasteiger charge is 2.34. The molecule has 7 nitrogen and oxygen atoms in total. The van der Waals surface area contributed by atoms with Gasteiger partial charge in [0.25, 0.3) is 5.91 Å². The van der Waals surface area contributed by atoms with Crippen molar-refractivity contribution in [3.8, 4) is 0 Å². The summed E-state index contributed by atoms with van der Waals surface area (Å²) in [5, 5.41) is 14.7. The fourth-order valence-corrected chi connectivity index (χ4v) is 3.79. The number of rotatable bonds is 4. The largest absolute Gasteiger partial charge is 0.345 e. The van der Waals surface area contributed by atoms with Crippen LogP contribution >= 0.6 is 0 Å². The fourth-order valence-electron chi connectivity index (χ4n) is 2.79. The summed E-state index contributed by atoms with van der Waals surface area (Å²) in [6, 6.07) is 0. The average Bonchev–Trinajstić information content (AvgIpc) is 2.93. The van der Waals surface area contributed by atoms with Crippen molar-refractivity contribution in [2.24, 2.45) is 5.14 Å². The number of carbonyl (C=O) groups excluding carboxylic acids is 1. The number of H-pyrrole nitrogens is 1. The van der Waals surface area contributed by atoms with Gasteiger partial charge in [0.1, 0.15) is 4.90 Å². The molecular formula is C13H22N4O3S. The molecule has 8 heteroatoms. The molecule has 1 aliphatic carbocycles. The smallest absolute Gasteiger partial charge is 0.273 e. The molecule has 1 aromatic heterocycles. The molecule has 1 aromatic rings. The van der Waals surface area contributed by atoms with Crippen molar-refractivity contribution < 1.29 is 13.2 Å². The third-order valence-corrected chi connectivity index (χ3v) is 4.93. The standard InChI is InChI=1S/C13H22N4O3S/c1-8(2)9-11(21(14,19)20)10(17-16-9)12(18)15-13(3)6-4-5-7-13/h8H,4-7H2,1-3H3,(H,15,18)(H,16,17)(H2,14,19,20). The molecule has 4 N–H and O–H groups in total. The normalized spacial score (nSPS) is 18.1. The van der Waals surface area contributed by atoms with E-state index in [9.17, 15) is 13.2 Å². The van der Waals surface area contributed by atoms with E-state index in [4.69, 9.17) is 5.14 Å². The van der Waals surface area contributed by atoms with E-state index in [2.05, 4.69) is 15.5 Å². The highest BCUT2D eigenvalue weighted by molar-refractivity contribution is 7.89. The van der Waals surface area contributed by atoms with Crippen LogP contribution in [0, 0.1) is 0 Å². The summed E-state index contributed by atoms with van der Waals surface area (Å²) in [7, 11) is -4.02. The maximum atomic E-state index is 12.4. The maximum Gasteiger partial charge on any atom is 0.273 e. The molecule has 0 saturated heterocycles. The van der Waals surface area contributed by atoms with Gasteiger partial charge < -0.3 is 5.32 Å². The quantitative estimate of drug-likeness (QED) is 0.774. The molecule has 0 radical (unpaired) electrons. The summed E-state index contributed by atoms with van der Waals surface area (Å²) in [4.78, 5) is 12.2. The minimum Gasteiger partial charge on any atom is -0.345 e. The predicted molar refractivity (Wildman–Crippen MR) is 78.4 cm³/mol. The van der Waals surface area contributed by atoms with E-state index < -0.39 is 15.9 Å². The van der Waals surface area contributed by atoms with Crippen molar-refractivity contribution in [1.29, 1.82) is 0 Å². The van der Waals surface area contributed by atoms with Crippen LogP contribution in [0.4, 0.5) is 0 Å². The Morgan fingerprint density at radius 3 is 2.43 bits per heavy atom. The topological polar surface area (TPSA) is 118 Å². The Bertz CT molecular complexity index is 642. The lowest BCUT2D eigenvalue weighted by Crippen LogP contribution is -2.44. The molecule has 1 fully saturated rings. The van der Waals surface area contributed by atoms with E-state index in [1.807, 2.05) is 20.8 Å². The summed E-state index contributed by atoms with van der Waals surface area (Å²) in [6.45, 7) is 5.58. The Morgan fingerprint density at radius 1 is 1.38 bits per heavy atom. The third-order valence-electron chi connectivity index (χ3n) is 3.95. The fraction of sp³-hybridized carbons (Fsp3) is 0.692. The first kappa shape index (κ1) is 16.0. The first-order valence-electron chi connectivity index (χ1n) is 7.07. The van der Waals surface area contributed by atoms with Gasteiger partial charge in [-0.15, -0.1) is 0 Å². The van der Waals surface area contributed by atoms with Crippen LogP contribution in [0.5, 0.6) is 0 Å². The van der Waals surface area contributed by atoms with E-state index in [0.29, 0.717) is 5.69 Å². The first-order valence-corrected chi connectivity index (χ1v) is 8.62. The monoisotopic (exact) mass is 314 g/mol. The lowest BCUT2D eigenvalue weighted by atomic mass is 10.0. The van der Waals surface area contributed by atoms with Crippen LogP contribution in [0.3, 0.4) is 0 Å².